The molecule has 6 heteroatoms. The zero-order valence-electron chi connectivity index (χ0n) is 13.2. The minimum absolute atomic E-state index is 0.151. The number of esters is 1. The minimum Gasteiger partial charge on any atom is -0.469 e. The number of nitrogens with one attached hydrogen (secondary N) is 1. The van der Waals surface area contributed by atoms with Crippen LogP contribution in [0.3, 0.4) is 0 Å². The van der Waals surface area contributed by atoms with Crippen LogP contribution in [0.2, 0.25) is 5.02 Å². The Morgan fingerprint density at radius 1 is 1.39 bits per heavy atom. The van der Waals surface area contributed by atoms with E-state index in [-0.39, 0.29) is 30.8 Å². The van der Waals surface area contributed by atoms with Gasteiger partial charge in [0, 0.05) is 11.6 Å². The van der Waals surface area contributed by atoms with E-state index in [4.69, 9.17) is 16.3 Å². The number of hydrogen-bond donors (Lipinski definition) is 2. The fraction of sp³-hybridized carbons (Fsp3) is 0.529. The first-order valence-electron chi connectivity index (χ1n) is 7.73. The third-order valence-electron chi connectivity index (χ3n) is 4.32. The van der Waals surface area contributed by atoms with Gasteiger partial charge in [-0.2, -0.15) is 0 Å². The lowest BCUT2D eigenvalue weighted by molar-refractivity contribution is -0.148. The third kappa shape index (κ3) is 5.22. The van der Waals surface area contributed by atoms with Crippen molar-refractivity contribution in [3.05, 3.63) is 34.9 Å². The van der Waals surface area contributed by atoms with Crippen LogP contribution in [-0.4, -0.2) is 36.2 Å². The normalized spacial score (nSPS) is 24.0. The zero-order valence-corrected chi connectivity index (χ0v) is 13.9. The number of carbonyl (C=O) groups excluding carboxylic acids is 2. The van der Waals surface area contributed by atoms with Crippen molar-refractivity contribution in [1.82, 2.24) is 5.32 Å². The molecule has 2 N–H and O–H groups in total. The molecule has 1 aliphatic rings. The second-order valence-corrected chi connectivity index (χ2v) is 6.54. The fourth-order valence-electron chi connectivity index (χ4n) is 2.89. The van der Waals surface area contributed by atoms with Crippen molar-refractivity contribution < 1.29 is 19.4 Å². The van der Waals surface area contributed by atoms with Crippen LogP contribution in [0.25, 0.3) is 0 Å². The Hall–Kier alpha value is -1.59. The predicted molar refractivity (Wildman–Crippen MR) is 87.1 cm³/mol. The molecule has 1 aliphatic carbocycles. The average Bonchev–Trinajstić information content (AvgIpc) is 2.53. The zero-order chi connectivity index (χ0) is 16.9. The number of benzene rings is 1. The van der Waals surface area contributed by atoms with Crippen molar-refractivity contribution in [2.24, 2.45) is 5.92 Å². The lowest BCUT2D eigenvalue weighted by Crippen LogP contribution is -2.46. The Morgan fingerprint density at radius 3 is 2.70 bits per heavy atom. The van der Waals surface area contributed by atoms with E-state index < -0.39 is 5.60 Å². The van der Waals surface area contributed by atoms with Gasteiger partial charge in [-0.15, -0.1) is 0 Å². The molecule has 1 aromatic carbocycles. The Balaban J connectivity index is 1.79. The molecular formula is C17H22ClNO4. The van der Waals surface area contributed by atoms with E-state index in [9.17, 15) is 14.7 Å². The molecule has 0 saturated heterocycles. The van der Waals surface area contributed by atoms with E-state index in [1.807, 2.05) is 6.07 Å². The number of amides is 1. The maximum atomic E-state index is 12.0. The number of halogens is 1. The molecule has 2 rings (SSSR count). The Kier molecular flexibility index (Phi) is 6.02. The van der Waals surface area contributed by atoms with Gasteiger partial charge in [0.1, 0.15) is 0 Å². The van der Waals surface area contributed by atoms with Crippen LogP contribution < -0.4 is 5.32 Å². The highest BCUT2D eigenvalue weighted by molar-refractivity contribution is 6.30. The van der Waals surface area contributed by atoms with E-state index >= 15 is 0 Å². The summed E-state index contributed by atoms with van der Waals surface area (Å²) >= 11 is 5.89. The molecular weight excluding hydrogens is 318 g/mol. The van der Waals surface area contributed by atoms with Gasteiger partial charge in [0.25, 0.3) is 0 Å². The van der Waals surface area contributed by atoms with Gasteiger partial charge in [0.2, 0.25) is 5.91 Å². The molecule has 0 unspecified atom stereocenters. The molecule has 23 heavy (non-hydrogen) atoms. The van der Waals surface area contributed by atoms with Crippen LogP contribution in [0.4, 0.5) is 0 Å². The first-order valence-corrected chi connectivity index (χ1v) is 8.11. The number of hydrogen-bond acceptors (Lipinski definition) is 4. The third-order valence-corrected chi connectivity index (χ3v) is 4.55. The number of methoxy groups -OCH3 is 1. The lowest BCUT2D eigenvalue weighted by atomic mass is 9.78. The predicted octanol–water partition coefficient (Wildman–Crippen LogP) is 2.09. The lowest BCUT2D eigenvalue weighted by Gasteiger charge is -2.35. The van der Waals surface area contributed by atoms with Crippen LogP contribution in [0.15, 0.2) is 24.3 Å². The fourth-order valence-corrected chi connectivity index (χ4v) is 3.11. The summed E-state index contributed by atoms with van der Waals surface area (Å²) in [5.74, 6) is -0.532. The Bertz CT molecular complexity index is 567. The van der Waals surface area contributed by atoms with Gasteiger partial charge in [-0.05, 0) is 43.4 Å². The molecule has 0 bridgehead atoms. The van der Waals surface area contributed by atoms with E-state index in [1.165, 1.54) is 7.11 Å². The number of aliphatic hydroxyl groups is 1. The highest BCUT2D eigenvalue weighted by Gasteiger charge is 2.36. The second kappa shape index (κ2) is 7.79. The first-order chi connectivity index (χ1) is 10.9. The summed E-state index contributed by atoms with van der Waals surface area (Å²) in [6.45, 7) is 0.195. The van der Waals surface area contributed by atoms with Crippen molar-refractivity contribution >= 4 is 23.5 Å². The summed E-state index contributed by atoms with van der Waals surface area (Å²) in [6, 6.07) is 7.14. The highest BCUT2D eigenvalue weighted by Crippen LogP contribution is 2.32. The Morgan fingerprint density at radius 2 is 2.09 bits per heavy atom. The molecule has 1 fully saturated rings. The topological polar surface area (TPSA) is 75.6 Å². The molecule has 0 spiro atoms. The summed E-state index contributed by atoms with van der Waals surface area (Å²) in [6.07, 6.45) is 2.33. The van der Waals surface area contributed by atoms with Gasteiger partial charge >= 0.3 is 5.97 Å². The molecule has 1 amide bonds. The van der Waals surface area contributed by atoms with Crippen LogP contribution >= 0.6 is 11.6 Å². The number of ether oxygens (including phenoxy) is 1. The molecule has 0 aromatic heterocycles. The summed E-state index contributed by atoms with van der Waals surface area (Å²) in [4.78, 5) is 23.5. The maximum absolute atomic E-state index is 12.0. The molecule has 1 aromatic rings. The van der Waals surface area contributed by atoms with Crippen molar-refractivity contribution in [3.8, 4) is 0 Å². The molecule has 126 valence electrons. The molecule has 1 saturated carbocycles. The number of carbonyl (C=O) groups is 2. The monoisotopic (exact) mass is 339 g/mol. The molecule has 5 nitrogen and oxygen atoms in total. The van der Waals surface area contributed by atoms with Crippen molar-refractivity contribution in [2.45, 2.75) is 37.7 Å². The summed E-state index contributed by atoms with van der Waals surface area (Å²) in [5, 5.41) is 13.9. The van der Waals surface area contributed by atoms with E-state index in [0.717, 1.165) is 5.56 Å². The largest absolute Gasteiger partial charge is 0.469 e. The van der Waals surface area contributed by atoms with Crippen molar-refractivity contribution in [2.75, 3.05) is 13.7 Å². The van der Waals surface area contributed by atoms with E-state index in [0.29, 0.717) is 30.7 Å². The molecule has 0 aliphatic heterocycles. The molecule has 0 atom stereocenters. The van der Waals surface area contributed by atoms with Crippen LogP contribution in [0.5, 0.6) is 0 Å². The summed E-state index contributed by atoms with van der Waals surface area (Å²) in [5.41, 5.74) is -0.120. The minimum atomic E-state index is -0.950. The number of rotatable bonds is 5. The van der Waals surface area contributed by atoms with Gasteiger partial charge in [-0.25, -0.2) is 0 Å². The van der Waals surface area contributed by atoms with Crippen molar-refractivity contribution in [1.29, 1.82) is 0 Å². The van der Waals surface area contributed by atoms with Crippen LogP contribution in [0.1, 0.15) is 31.2 Å². The van der Waals surface area contributed by atoms with Crippen molar-refractivity contribution in [3.63, 3.8) is 0 Å². The van der Waals surface area contributed by atoms with E-state index in [1.54, 1.807) is 18.2 Å². The summed E-state index contributed by atoms with van der Waals surface area (Å²) in [7, 11) is 1.37. The van der Waals surface area contributed by atoms with Gasteiger partial charge in [0.15, 0.2) is 0 Å². The standard InChI is InChI=1S/C17H22ClNO4/c1-23-16(21)13-5-7-17(22,8-6-13)11-19-15(20)10-12-3-2-4-14(18)9-12/h2-4,9,13,22H,5-8,10-11H2,1H3,(H,19,20). The quantitative estimate of drug-likeness (QED) is 0.805. The van der Waals surface area contributed by atoms with Gasteiger partial charge in [0.05, 0.1) is 25.0 Å². The smallest absolute Gasteiger partial charge is 0.308 e. The maximum Gasteiger partial charge on any atom is 0.308 e. The molecule has 0 heterocycles. The SMILES string of the molecule is COC(=O)C1CCC(O)(CNC(=O)Cc2cccc(Cl)c2)CC1. The summed E-state index contributed by atoms with van der Waals surface area (Å²) < 4.78 is 4.73. The van der Waals surface area contributed by atoms with E-state index in [2.05, 4.69) is 5.32 Å². The Labute approximate surface area is 141 Å². The molecule has 0 radical (unpaired) electrons. The van der Waals surface area contributed by atoms with Crippen LogP contribution in [-0.2, 0) is 20.7 Å². The van der Waals surface area contributed by atoms with Gasteiger partial charge < -0.3 is 15.2 Å². The highest BCUT2D eigenvalue weighted by atomic mass is 35.5. The van der Waals surface area contributed by atoms with Gasteiger partial charge in [-0.1, -0.05) is 23.7 Å². The first kappa shape index (κ1) is 17.8. The van der Waals surface area contributed by atoms with Gasteiger partial charge in [-0.3, -0.25) is 9.59 Å². The average molecular weight is 340 g/mol. The second-order valence-electron chi connectivity index (χ2n) is 6.11. The van der Waals surface area contributed by atoms with Crippen LogP contribution in [0, 0.1) is 5.92 Å².